The van der Waals surface area contributed by atoms with Gasteiger partial charge in [-0.1, -0.05) is 17.7 Å². The lowest BCUT2D eigenvalue weighted by atomic mass is 9.88. The van der Waals surface area contributed by atoms with Crippen molar-refractivity contribution in [3.8, 4) is 0 Å². The van der Waals surface area contributed by atoms with Gasteiger partial charge in [-0.25, -0.2) is 8.42 Å². The topological polar surface area (TPSA) is 135 Å². The van der Waals surface area contributed by atoms with Gasteiger partial charge in [0.05, 0.1) is 48.5 Å². The highest BCUT2D eigenvalue weighted by atomic mass is 35.5. The summed E-state index contributed by atoms with van der Waals surface area (Å²) in [6, 6.07) is 9.19. The quantitative estimate of drug-likeness (QED) is 0.486. The summed E-state index contributed by atoms with van der Waals surface area (Å²) in [5.41, 5.74) is 1.15. The van der Waals surface area contributed by atoms with Crippen LogP contribution in [0.25, 0.3) is 10.8 Å². The van der Waals surface area contributed by atoms with Crippen molar-refractivity contribution in [3.63, 3.8) is 0 Å². The molecule has 0 aliphatic carbocycles. The van der Waals surface area contributed by atoms with Gasteiger partial charge in [0, 0.05) is 40.4 Å². The number of carbonyl (C=O) groups excluding carboxylic acids is 3. The van der Waals surface area contributed by atoms with E-state index >= 15 is 0 Å². The molecule has 5 rings (SSSR count). The average Bonchev–Trinajstić information content (AvgIpc) is 2.82. The number of carbonyl (C=O) groups is 3. The standard InChI is InChI=1S/C25H23ClN4O6S/c1-37(34,35)17-3-5-18-14(6-17)8-27-9-22(18)29-24(32)21-10-30(11-23(31)28-16-12-36-13-16)25(33)19-4-2-15(26)7-20(19)21/h2-9,16,21H,10-13H2,1H3,(H,28,31)(H,29,32). The number of rotatable bonds is 6. The molecule has 1 fully saturated rings. The Kier molecular flexibility index (Phi) is 6.61. The Morgan fingerprint density at radius 3 is 2.65 bits per heavy atom. The second kappa shape index (κ2) is 9.73. The van der Waals surface area contributed by atoms with Gasteiger partial charge < -0.3 is 20.3 Å². The fraction of sp³-hybridized carbons (Fsp3) is 0.280. The molecule has 37 heavy (non-hydrogen) atoms. The maximum atomic E-state index is 13.5. The van der Waals surface area contributed by atoms with Crippen LogP contribution in [0.2, 0.25) is 5.02 Å². The molecular weight excluding hydrogens is 520 g/mol. The number of pyridine rings is 1. The number of amides is 3. The summed E-state index contributed by atoms with van der Waals surface area (Å²) < 4.78 is 28.9. The molecule has 1 unspecified atom stereocenters. The first-order chi connectivity index (χ1) is 17.6. The lowest BCUT2D eigenvalue weighted by Gasteiger charge is -2.34. The smallest absolute Gasteiger partial charge is 0.254 e. The molecule has 0 saturated carbocycles. The fourth-order valence-electron chi connectivity index (χ4n) is 4.42. The molecule has 1 saturated heterocycles. The van der Waals surface area contributed by atoms with E-state index in [4.69, 9.17) is 16.3 Å². The van der Waals surface area contributed by atoms with Crippen LogP contribution in [0.5, 0.6) is 0 Å². The fourth-order valence-corrected chi connectivity index (χ4v) is 5.26. The molecule has 1 atom stereocenters. The van der Waals surface area contributed by atoms with E-state index in [-0.39, 0.29) is 35.8 Å². The number of anilines is 1. The van der Waals surface area contributed by atoms with Gasteiger partial charge in [0.1, 0.15) is 0 Å². The van der Waals surface area contributed by atoms with Crippen molar-refractivity contribution in [2.45, 2.75) is 16.9 Å². The van der Waals surface area contributed by atoms with E-state index in [9.17, 15) is 22.8 Å². The number of benzene rings is 2. The van der Waals surface area contributed by atoms with Crippen molar-refractivity contribution in [1.82, 2.24) is 15.2 Å². The zero-order valence-electron chi connectivity index (χ0n) is 19.7. The van der Waals surface area contributed by atoms with Crippen molar-refractivity contribution < 1.29 is 27.5 Å². The van der Waals surface area contributed by atoms with E-state index in [2.05, 4.69) is 15.6 Å². The van der Waals surface area contributed by atoms with Crippen molar-refractivity contribution in [3.05, 3.63) is 64.9 Å². The molecule has 2 aliphatic heterocycles. The highest BCUT2D eigenvalue weighted by Gasteiger charge is 2.37. The molecule has 10 nitrogen and oxygen atoms in total. The van der Waals surface area contributed by atoms with Crippen LogP contribution >= 0.6 is 11.6 Å². The van der Waals surface area contributed by atoms with Crippen LogP contribution in [0, 0.1) is 0 Å². The van der Waals surface area contributed by atoms with Crippen molar-refractivity contribution >= 4 is 55.6 Å². The number of nitrogens with one attached hydrogen (secondary N) is 2. The van der Waals surface area contributed by atoms with E-state index in [0.717, 1.165) is 6.26 Å². The van der Waals surface area contributed by atoms with Crippen LogP contribution in [0.15, 0.2) is 53.7 Å². The van der Waals surface area contributed by atoms with Crippen molar-refractivity contribution in [1.29, 1.82) is 0 Å². The molecule has 0 spiro atoms. The van der Waals surface area contributed by atoms with Gasteiger partial charge in [0.2, 0.25) is 11.8 Å². The number of nitrogens with zero attached hydrogens (tertiary/aromatic N) is 2. The monoisotopic (exact) mass is 542 g/mol. The van der Waals surface area contributed by atoms with E-state index in [0.29, 0.717) is 45.8 Å². The first kappa shape index (κ1) is 25.1. The zero-order valence-corrected chi connectivity index (χ0v) is 21.3. The van der Waals surface area contributed by atoms with Gasteiger partial charge in [-0.3, -0.25) is 19.4 Å². The van der Waals surface area contributed by atoms with E-state index in [1.807, 2.05) is 0 Å². The summed E-state index contributed by atoms with van der Waals surface area (Å²) in [6.45, 7) is 0.627. The maximum Gasteiger partial charge on any atom is 0.254 e. The lowest BCUT2D eigenvalue weighted by molar-refractivity contribution is -0.126. The van der Waals surface area contributed by atoms with Crippen LogP contribution in [-0.2, 0) is 24.2 Å². The van der Waals surface area contributed by atoms with Crippen LogP contribution in [0.1, 0.15) is 21.8 Å². The number of sulfone groups is 1. The molecule has 2 aromatic carbocycles. The third-order valence-corrected chi connectivity index (χ3v) is 7.73. The third-order valence-electron chi connectivity index (χ3n) is 6.38. The highest BCUT2D eigenvalue weighted by Crippen LogP contribution is 2.33. The molecular formula is C25H23ClN4O6S. The first-order valence-electron chi connectivity index (χ1n) is 11.4. The largest absolute Gasteiger partial charge is 0.377 e. The average molecular weight is 543 g/mol. The molecule has 1 aromatic heterocycles. The molecule has 3 aromatic rings. The number of halogens is 1. The number of ether oxygens (including phenoxy) is 1. The number of hydrogen-bond acceptors (Lipinski definition) is 7. The SMILES string of the molecule is CS(=O)(=O)c1ccc2c(NC(=O)C3CN(CC(=O)NC4COC4)C(=O)c4ccc(Cl)cc43)cncc2c1. The summed E-state index contributed by atoms with van der Waals surface area (Å²) in [4.78, 5) is 44.8. The minimum atomic E-state index is -3.42. The van der Waals surface area contributed by atoms with Gasteiger partial charge in [0.15, 0.2) is 9.84 Å². The Labute approximate surface area is 217 Å². The summed E-state index contributed by atoms with van der Waals surface area (Å²) in [7, 11) is -3.42. The van der Waals surface area contributed by atoms with Crippen LogP contribution in [0.3, 0.4) is 0 Å². The summed E-state index contributed by atoms with van der Waals surface area (Å²) >= 11 is 6.19. The van der Waals surface area contributed by atoms with Gasteiger partial charge in [-0.05, 0) is 35.9 Å². The minimum absolute atomic E-state index is 0.0248. The minimum Gasteiger partial charge on any atom is -0.377 e. The first-order valence-corrected chi connectivity index (χ1v) is 13.7. The Balaban J connectivity index is 1.43. The maximum absolute atomic E-state index is 13.5. The molecule has 0 radical (unpaired) electrons. The Morgan fingerprint density at radius 1 is 1.16 bits per heavy atom. The van der Waals surface area contributed by atoms with Gasteiger partial charge in [-0.15, -0.1) is 0 Å². The molecule has 0 bridgehead atoms. The number of fused-ring (bicyclic) bond motifs is 2. The van der Waals surface area contributed by atoms with Gasteiger partial charge in [-0.2, -0.15) is 0 Å². The van der Waals surface area contributed by atoms with Crippen LogP contribution in [-0.4, -0.2) is 74.6 Å². The van der Waals surface area contributed by atoms with Crippen LogP contribution in [0.4, 0.5) is 5.69 Å². The van der Waals surface area contributed by atoms with Gasteiger partial charge in [0.25, 0.3) is 5.91 Å². The summed E-state index contributed by atoms with van der Waals surface area (Å²) in [6.07, 6.45) is 4.10. The summed E-state index contributed by atoms with van der Waals surface area (Å²) in [5, 5.41) is 7.19. The molecule has 2 N–H and O–H groups in total. The van der Waals surface area contributed by atoms with Crippen LogP contribution < -0.4 is 10.6 Å². The lowest BCUT2D eigenvalue weighted by Crippen LogP contribution is -2.53. The number of aromatic nitrogens is 1. The highest BCUT2D eigenvalue weighted by molar-refractivity contribution is 7.90. The second-order valence-electron chi connectivity index (χ2n) is 9.10. The van der Waals surface area contributed by atoms with E-state index in [1.165, 1.54) is 29.4 Å². The molecule has 3 heterocycles. The predicted molar refractivity (Wildman–Crippen MR) is 136 cm³/mol. The Bertz CT molecular complexity index is 1540. The normalized spacial score (nSPS) is 17.7. The third kappa shape index (κ3) is 5.15. The predicted octanol–water partition coefficient (Wildman–Crippen LogP) is 1.98. The van der Waals surface area contributed by atoms with E-state index in [1.54, 1.807) is 24.3 Å². The molecule has 2 aliphatic rings. The zero-order chi connectivity index (χ0) is 26.3. The second-order valence-corrected chi connectivity index (χ2v) is 11.6. The molecule has 12 heteroatoms. The molecule has 192 valence electrons. The van der Waals surface area contributed by atoms with Crippen molar-refractivity contribution in [2.24, 2.45) is 0 Å². The Morgan fingerprint density at radius 2 is 1.95 bits per heavy atom. The Hall–Kier alpha value is -3.54. The summed E-state index contributed by atoms with van der Waals surface area (Å²) in [5.74, 6) is -1.93. The van der Waals surface area contributed by atoms with E-state index < -0.39 is 21.7 Å². The van der Waals surface area contributed by atoms with Gasteiger partial charge >= 0.3 is 0 Å². The van der Waals surface area contributed by atoms with Crippen molar-refractivity contribution in [2.75, 3.05) is 37.9 Å². The number of hydrogen-bond donors (Lipinski definition) is 2. The molecule has 3 amide bonds.